The summed E-state index contributed by atoms with van der Waals surface area (Å²) in [6, 6.07) is 5.59. The van der Waals surface area contributed by atoms with Crippen molar-refractivity contribution < 1.29 is 18.3 Å². The van der Waals surface area contributed by atoms with E-state index < -0.39 is 5.63 Å². The normalized spacial score (nSPS) is 15.8. The molecule has 144 valence electrons. The number of aryl methyl sites for hydroxylation is 2. The van der Waals surface area contributed by atoms with E-state index in [1.165, 1.54) is 0 Å². The Hall–Kier alpha value is -2.97. The number of para-hydroxylation sites is 1. The first-order valence-corrected chi connectivity index (χ1v) is 9.22. The standard InChI is InChI=1S/C20H19N3O5/c1-11-4-3-5-13-17(11)28-20(24)15-16-18(27-19(13)15)12(2)23(25)14(21-16)10-22-6-8-26-9-7-22/h3-5H,6-10H2,1-2H3. The van der Waals surface area contributed by atoms with Crippen molar-refractivity contribution in [1.29, 1.82) is 0 Å². The van der Waals surface area contributed by atoms with Crippen molar-refractivity contribution in [2.24, 2.45) is 0 Å². The molecule has 0 atom stereocenters. The summed E-state index contributed by atoms with van der Waals surface area (Å²) in [7, 11) is 0. The summed E-state index contributed by atoms with van der Waals surface area (Å²) in [5, 5.41) is 13.7. The molecule has 1 aliphatic heterocycles. The predicted molar refractivity (Wildman–Crippen MR) is 102 cm³/mol. The van der Waals surface area contributed by atoms with Crippen molar-refractivity contribution in [3.63, 3.8) is 0 Å². The van der Waals surface area contributed by atoms with E-state index in [0.717, 1.165) is 23.4 Å². The number of rotatable bonds is 2. The molecule has 1 aromatic carbocycles. The van der Waals surface area contributed by atoms with Gasteiger partial charge < -0.3 is 18.8 Å². The van der Waals surface area contributed by atoms with Gasteiger partial charge in [-0.2, -0.15) is 0 Å². The fourth-order valence-electron chi connectivity index (χ4n) is 3.78. The quantitative estimate of drug-likeness (QED) is 0.298. The molecule has 0 bridgehead atoms. The van der Waals surface area contributed by atoms with Crippen molar-refractivity contribution in [3.8, 4) is 0 Å². The van der Waals surface area contributed by atoms with Crippen LogP contribution in [0.25, 0.3) is 33.0 Å². The highest BCUT2D eigenvalue weighted by Gasteiger charge is 2.27. The first-order chi connectivity index (χ1) is 13.5. The summed E-state index contributed by atoms with van der Waals surface area (Å²) in [5.74, 6) is 0.332. The highest BCUT2D eigenvalue weighted by Crippen LogP contribution is 2.32. The summed E-state index contributed by atoms with van der Waals surface area (Å²) >= 11 is 0. The molecule has 8 heteroatoms. The number of ether oxygens (including phenoxy) is 1. The van der Waals surface area contributed by atoms with Crippen LogP contribution >= 0.6 is 0 Å². The average Bonchev–Trinajstić information content (AvgIpc) is 3.08. The van der Waals surface area contributed by atoms with Gasteiger partial charge in [-0.1, -0.05) is 12.1 Å². The van der Waals surface area contributed by atoms with Crippen LogP contribution < -0.4 is 10.4 Å². The number of fused-ring (bicyclic) bond motifs is 5. The Morgan fingerprint density at radius 3 is 2.71 bits per heavy atom. The molecule has 4 aromatic rings. The maximum Gasteiger partial charge on any atom is 0.352 e. The Kier molecular flexibility index (Phi) is 3.85. The van der Waals surface area contributed by atoms with Gasteiger partial charge in [-0.25, -0.2) is 9.52 Å². The van der Waals surface area contributed by atoms with E-state index in [-0.39, 0.29) is 5.39 Å². The molecule has 0 saturated carbocycles. The van der Waals surface area contributed by atoms with Crippen LogP contribution in [0.5, 0.6) is 0 Å². The van der Waals surface area contributed by atoms with Gasteiger partial charge in [-0.15, -0.1) is 0 Å². The predicted octanol–water partition coefficient (Wildman–Crippen LogP) is 2.17. The summed E-state index contributed by atoms with van der Waals surface area (Å²) in [5.41, 5.74) is 2.29. The maximum absolute atomic E-state index is 12.8. The van der Waals surface area contributed by atoms with E-state index in [4.69, 9.17) is 13.6 Å². The molecule has 3 aromatic heterocycles. The summed E-state index contributed by atoms with van der Waals surface area (Å²) in [6.45, 7) is 6.65. The zero-order chi connectivity index (χ0) is 19.4. The number of nitrogens with zero attached hydrogens (tertiary/aromatic N) is 3. The molecular formula is C20H19N3O5. The fraction of sp³-hybridized carbons (Fsp3) is 0.350. The van der Waals surface area contributed by atoms with Crippen LogP contribution in [-0.4, -0.2) is 36.2 Å². The monoisotopic (exact) mass is 381 g/mol. The van der Waals surface area contributed by atoms with E-state index in [1.807, 2.05) is 25.1 Å². The van der Waals surface area contributed by atoms with Gasteiger partial charge in [-0.05, 0) is 23.5 Å². The van der Waals surface area contributed by atoms with Gasteiger partial charge in [0.15, 0.2) is 16.7 Å². The number of hydrogen-bond acceptors (Lipinski definition) is 7. The van der Waals surface area contributed by atoms with Crippen LogP contribution in [0.15, 0.2) is 31.8 Å². The largest absolute Gasteiger partial charge is 0.710 e. The Bertz CT molecular complexity index is 1280. The minimum atomic E-state index is -0.511. The minimum Gasteiger partial charge on any atom is -0.710 e. The maximum atomic E-state index is 12.8. The Morgan fingerprint density at radius 2 is 1.93 bits per heavy atom. The van der Waals surface area contributed by atoms with E-state index in [1.54, 1.807) is 6.92 Å². The van der Waals surface area contributed by atoms with Crippen LogP contribution in [0.3, 0.4) is 0 Å². The number of hydrogen-bond donors (Lipinski definition) is 0. The molecule has 1 aliphatic rings. The van der Waals surface area contributed by atoms with Crippen LogP contribution in [0.1, 0.15) is 17.1 Å². The first kappa shape index (κ1) is 17.2. The fourth-order valence-corrected chi connectivity index (χ4v) is 3.78. The molecule has 0 aliphatic carbocycles. The van der Waals surface area contributed by atoms with E-state index in [0.29, 0.717) is 58.9 Å². The van der Waals surface area contributed by atoms with Gasteiger partial charge in [-0.3, -0.25) is 4.90 Å². The highest BCUT2D eigenvalue weighted by atomic mass is 16.5. The number of furan rings is 1. The van der Waals surface area contributed by atoms with Crippen LogP contribution in [-0.2, 0) is 11.3 Å². The van der Waals surface area contributed by atoms with Crippen molar-refractivity contribution in [1.82, 2.24) is 9.88 Å². The topological polar surface area (TPSA) is 95.7 Å². The summed E-state index contributed by atoms with van der Waals surface area (Å²) < 4.78 is 17.7. The molecule has 0 amide bonds. The van der Waals surface area contributed by atoms with E-state index >= 15 is 0 Å². The highest BCUT2D eigenvalue weighted by molar-refractivity contribution is 6.11. The second kappa shape index (κ2) is 6.29. The lowest BCUT2D eigenvalue weighted by atomic mass is 10.1. The van der Waals surface area contributed by atoms with Gasteiger partial charge >= 0.3 is 11.4 Å². The summed E-state index contributed by atoms with van der Waals surface area (Å²) in [4.78, 5) is 19.4. The first-order valence-electron chi connectivity index (χ1n) is 9.22. The third-order valence-corrected chi connectivity index (χ3v) is 5.32. The van der Waals surface area contributed by atoms with Crippen molar-refractivity contribution >= 4 is 33.0 Å². The van der Waals surface area contributed by atoms with Gasteiger partial charge in [0.2, 0.25) is 11.1 Å². The Morgan fingerprint density at radius 1 is 1.14 bits per heavy atom. The van der Waals surface area contributed by atoms with E-state index in [9.17, 15) is 10.0 Å². The third kappa shape index (κ3) is 2.49. The second-order valence-electron chi connectivity index (χ2n) is 7.12. The molecule has 5 rings (SSSR count). The molecule has 0 spiro atoms. The number of morpholine rings is 1. The average molecular weight is 381 g/mol. The molecular weight excluding hydrogens is 362 g/mol. The zero-order valence-corrected chi connectivity index (χ0v) is 15.7. The third-order valence-electron chi connectivity index (χ3n) is 5.32. The second-order valence-corrected chi connectivity index (χ2v) is 7.12. The lowest BCUT2D eigenvalue weighted by molar-refractivity contribution is -0.624. The van der Waals surface area contributed by atoms with Crippen LogP contribution in [0, 0.1) is 19.1 Å². The van der Waals surface area contributed by atoms with Crippen molar-refractivity contribution in [2.45, 2.75) is 20.4 Å². The molecule has 0 radical (unpaired) electrons. The molecule has 0 N–H and O–H groups in total. The smallest absolute Gasteiger partial charge is 0.352 e. The zero-order valence-electron chi connectivity index (χ0n) is 15.7. The Balaban J connectivity index is 1.79. The van der Waals surface area contributed by atoms with Gasteiger partial charge in [0.1, 0.15) is 12.1 Å². The number of aromatic nitrogens is 2. The molecule has 1 saturated heterocycles. The molecule has 28 heavy (non-hydrogen) atoms. The molecule has 8 nitrogen and oxygen atoms in total. The number of benzene rings is 1. The molecule has 1 fully saturated rings. The van der Waals surface area contributed by atoms with Crippen molar-refractivity contribution in [2.75, 3.05) is 26.3 Å². The molecule has 4 heterocycles. The van der Waals surface area contributed by atoms with Gasteiger partial charge in [0, 0.05) is 20.0 Å². The summed E-state index contributed by atoms with van der Waals surface area (Å²) in [6.07, 6.45) is 0. The lowest BCUT2D eigenvalue weighted by Gasteiger charge is -2.25. The van der Waals surface area contributed by atoms with Crippen LogP contribution in [0.4, 0.5) is 0 Å². The van der Waals surface area contributed by atoms with Gasteiger partial charge in [0.25, 0.3) is 0 Å². The SMILES string of the molecule is Cc1cccc2c1oc(=O)c1c3nc(CN4CCOCC4)[n+]([O-])c(C)c3oc21. The van der Waals surface area contributed by atoms with Crippen molar-refractivity contribution in [3.05, 3.63) is 50.9 Å². The Labute approximate surface area is 159 Å². The van der Waals surface area contributed by atoms with Crippen LogP contribution in [0.2, 0.25) is 0 Å². The van der Waals surface area contributed by atoms with Gasteiger partial charge in [0.05, 0.1) is 18.6 Å². The van der Waals surface area contributed by atoms with E-state index in [2.05, 4.69) is 9.88 Å². The minimum absolute atomic E-state index is 0.278. The molecule has 0 unspecified atom stereocenters. The lowest BCUT2D eigenvalue weighted by Crippen LogP contribution is -2.43.